The van der Waals surface area contributed by atoms with E-state index in [2.05, 4.69) is 14.7 Å². The summed E-state index contributed by atoms with van der Waals surface area (Å²) in [5, 5.41) is 0. The van der Waals surface area contributed by atoms with E-state index in [0.717, 1.165) is 22.4 Å². The molecule has 2 heterocycles. The Kier molecular flexibility index (Phi) is 4.69. The van der Waals surface area contributed by atoms with Crippen molar-refractivity contribution in [3.8, 4) is 11.3 Å². The first-order valence-corrected chi connectivity index (χ1v) is 8.94. The maximum absolute atomic E-state index is 12.4. The first-order valence-electron chi connectivity index (χ1n) is 7.46. The highest BCUT2D eigenvalue weighted by molar-refractivity contribution is 7.89. The van der Waals surface area contributed by atoms with Crippen molar-refractivity contribution in [1.29, 1.82) is 0 Å². The van der Waals surface area contributed by atoms with E-state index < -0.39 is 10.0 Å². The Morgan fingerprint density at radius 3 is 2.67 bits per heavy atom. The summed E-state index contributed by atoms with van der Waals surface area (Å²) in [6.45, 7) is 2.06. The predicted octanol–water partition coefficient (Wildman–Crippen LogP) is 2.93. The molecule has 0 spiro atoms. The number of aryl methyl sites for hydroxylation is 1. The number of sulfonamides is 1. The standard InChI is InChI=1S/C18H17N3O2S/c1-14-4-2-6-17(10-14)24(22,23)21-12-15-7-9-20-18(11-15)16-5-3-8-19-13-16/h2-11,13,21H,12H2,1H3. The fraction of sp³-hybridized carbons (Fsp3) is 0.111. The van der Waals surface area contributed by atoms with Gasteiger partial charge in [0.2, 0.25) is 10.0 Å². The zero-order valence-corrected chi connectivity index (χ0v) is 14.0. The quantitative estimate of drug-likeness (QED) is 0.776. The van der Waals surface area contributed by atoms with Crippen LogP contribution in [0.3, 0.4) is 0 Å². The maximum atomic E-state index is 12.4. The lowest BCUT2D eigenvalue weighted by Gasteiger charge is -2.08. The summed E-state index contributed by atoms with van der Waals surface area (Å²) in [6.07, 6.45) is 5.09. The van der Waals surface area contributed by atoms with E-state index in [1.807, 2.05) is 31.2 Å². The molecule has 5 nitrogen and oxygen atoms in total. The largest absolute Gasteiger partial charge is 0.264 e. The van der Waals surface area contributed by atoms with Crippen LogP contribution in [0.5, 0.6) is 0 Å². The fourth-order valence-corrected chi connectivity index (χ4v) is 3.42. The maximum Gasteiger partial charge on any atom is 0.240 e. The zero-order chi connectivity index (χ0) is 17.0. The minimum atomic E-state index is -3.54. The molecule has 0 aliphatic heterocycles. The van der Waals surface area contributed by atoms with Crippen LogP contribution in [0.4, 0.5) is 0 Å². The van der Waals surface area contributed by atoms with E-state index in [9.17, 15) is 8.42 Å². The highest BCUT2D eigenvalue weighted by atomic mass is 32.2. The SMILES string of the molecule is Cc1cccc(S(=O)(=O)NCc2ccnc(-c3cccnc3)c2)c1. The van der Waals surface area contributed by atoms with Gasteiger partial charge in [0.05, 0.1) is 10.6 Å². The van der Waals surface area contributed by atoms with Crippen LogP contribution < -0.4 is 4.72 Å². The molecule has 1 N–H and O–H groups in total. The van der Waals surface area contributed by atoms with Crippen molar-refractivity contribution in [2.24, 2.45) is 0 Å². The van der Waals surface area contributed by atoms with E-state index in [1.165, 1.54) is 0 Å². The summed E-state index contributed by atoms with van der Waals surface area (Å²) < 4.78 is 27.4. The summed E-state index contributed by atoms with van der Waals surface area (Å²) in [6, 6.07) is 14.2. The van der Waals surface area contributed by atoms with Crippen molar-refractivity contribution in [3.63, 3.8) is 0 Å². The second kappa shape index (κ2) is 6.90. The minimum Gasteiger partial charge on any atom is -0.264 e. The van der Waals surface area contributed by atoms with Crippen molar-refractivity contribution in [2.75, 3.05) is 0 Å². The lowest BCUT2D eigenvalue weighted by atomic mass is 10.1. The van der Waals surface area contributed by atoms with Gasteiger partial charge in [-0.1, -0.05) is 12.1 Å². The topological polar surface area (TPSA) is 72.0 Å². The van der Waals surface area contributed by atoms with Crippen LogP contribution in [0.25, 0.3) is 11.3 Å². The van der Waals surface area contributed by atoms with Gasteiger partial charge < -0.3 is 0 Å². The molecule has 2 aromatic heterocycles. The van der Waals surface area contributed by atoms with Crippen molar-refractivity contribution < 1.29 is 8.42 Å². The van der Waals surface area contributed by atoms with Gasteiger partial charge in [-0.2, -0.15) is 0 Å². The lowest BCUT2D eigenvalue weighted by Crippen LogP contribution is -2.23. The van der Waals surface area contributed by atoms with Gasteiger partial charge in [0.1, 0.15) is 0 Å². The second-order valence-corrected chi connectivity index (χ2v) is 7.20. The molecule has 0 radical (unpaired) electrons. The number of hydrogen-bond donors (Lipinski definition) is 1. The van der Waals surface area contributed by atoms with Crippen LogP contribution in [0, 0.1) is 6.92 Å². The molecule has 0 aliphatic rings. The van der Waals surface area contributed by atoms with E-state index in [4.69, 9.17) is 0 Å². The van der Waals surface area contributed by atoms with Crippen LogP contribution in [-0.4, -0.2) is 18.4 Å². The van der Waals surface area contributed by atoms with Crippen molar-refractivity contribution in [2.45, 2.75) is 18.4 Å². The number of nitrogens with one attached hydrogen (secondary N) is 1. The number of aromatic nitrogens is 2. The third-order valence-electron chi connectivity index (χ3n) is 3.55. The Labute approximate surface area is 141 Å². The molecule has 0 saturated heterocycles. The average Bonchev–Trinajstić information content (AvgIpc) is 2.61. The number of nitrogens with zero attached hydrogens (tertiary/aromatic N) is 2. The monoisotopic (exact) mass is 339 g/mol. The Morgan fingerprint density at radius 1 is 1.04 bits per heavy atom. The molecule has 6 heteroatoms. The minimum absolute atomic E-state index is 0.200. The first-order chi connectivity index (χ1) is 11.5. The number of benzene rings is 1. The third-order valence-corrected chi connectivity index (χ3v) is 4.95. The molecule has 0 bridgehead atoms. The highest BCUT2D eigenvalue weighted by Gasteiger charge is 2.13. The smallest absolute Gasteiger partial charge is 0.240 e. The Hall–Kier alpha value is -2.57. The van der Waals surface area contributed by atoms with Gasteiger partial charge in [0.15, 0.2) is 0 Å². The highest BCUT2D eigenvalue weighted by Crippen LogP contribution is 2.17. The number of pyridine rings is 2. The van der Waals surface area contributed by atoms with Gasteiger partial charge in [-0.15, -0.1) is 0 Å². The van der Waals surface area contributed by atoms with Gasteiger partial charge >= 0.3 is 0 Å². The summed E-state index contributed by atoms with van der Waals surface area (Å²) in [4.78, 5) is 8.65. The molecule has 3 rings (SSSR count). The average molecular weight is 339 g/mol. The van der Waals surface area contributed by atoms with Gasteiger partial charge in [-0.3, -0.25) is 9.97 Å². The Bertz CT molecular complexity index is 941. The van der Waals surface area contributed by atoms with E-state index >= 15 is 0 Å². The van der Waals surface area contributed by atoms with E-state index in [0.29, 0.717) is 0 Å². The molecule has 0 atom stereocenters. The summed E-state index contributed by atoms with van der Waals surface area (Å²) >= 11 is 0. The summed E-state index contributed by atoms with van der Waals surface area (Å²) in [5.74, 6) is 0. The molecule has 0 unspecified atom stereocenters. The molecule has 0 fully saturated rings. The Balaban J connectivity index is 1.78. The molecule has 0 amide bonds. The zero-order valence-electron chi connectivity index (χ0n) is 13.2. The Morgan fingerprint density at radius 2 is 1.92 bits per heavy atom. The van der Waals surface area contributed by atoms with Crippen LogP contribution in [0.2, 0.25) is 0 Å². The van der Waals surface area contributed by atoms with Crippen LogP contribution in [0.1, 0.15) is 11.1 Å². The lowest BCUT2D eigenvalue weighted by molar-refractivity contribution is 0.581. The second-order valence-electron chi connectivity index (χ2n) is 5.43. The van der Waals surface area contributed by atoms with Crippen molar-refractivity contribution >= 4 is 10.0 Å². The molecule has 0 aliphatic carbocycles. The molecule has 3 aromatic rings. The van der Waals surface area contributed by atoms with E-state index in [1.54, 1.807) is 42.9 Å². The predicted molar refractivity (Wildman–Crippen MR) is 92.7 cm³/mol. The summed E-state index contributed by atoms with van der Waals surface area (Å²) in [7, 11) is -3.54. The van der Waals surface area contributed by atoms with E-state index in [-0.39, 0.29) is 11.4 Å². The molecule has 122 valence electrons. The van der Waals surface area contributed by atoms with Gasteiger partial charge in [0.25, 0.3) is 0 Å². The van der Waals surface area contributed by atoms with Gasteiger partial charge in [-0.25, -0.2) is 13.1 Å². The molecule has 0 saturated carbocycles. The first kappa shape index (κ1) is 16.3. The van der Waals surface area contributed by atoms with Gasteiger partial charge in [0, 0.05) is 30.7 Å². The molecule has 1 aromatic carbocycles. The van der Waals surface area contributed by atoms with Crippen molar-refractivity contribution in [3.05, 3.63) is 78.2 Å². The molecule has 24 heavy (non-hydrogen) atoms. The van der Waals surface area contributed by atoms with Crippen LogP contribution >= 0.6 is 0 Å². The third kappa shape index (κ3) is 3.84. The summed E-state index contributed by atoms with van der Waals surface area (Å²) in [5.41, 5.74) is 3.39. The van der Waals surface area contributed by atoms with Crippen molar-refractivity contribution in [1.82, 2.24) is 14.7 Å². The number of rotatable bonds is 5. The van der Waals surface area contributed by atoms with Crippen LogP contribution in [-0.2, 0) is 16.6 Å². The van der Waals surface area contributed by atoms with Gasteiger partial charge in [-0.05, 0) is 54.4 Å². The normalized spacial score (nSPS) is 11.4. The van der Waals surface area contributed by atoms with Crippen LogP contribution in [0.15, 0.2) is 72.0 Å². The molecular formula is C18H17N3O2S. The number of hydrogen-bond acceptors (Lipinski definition) is 4. The molecular weight excluding hydrogens is 322 g/mol. The fourth-order valence-electron chi connectivity index (χ4n) is 2.30.